The van der Waals surface area contributed by atoms with Gasteiger partial charge in [-0.3, -0.25) is 4.79 Å². The van der Waals surface area contributed by atoms with Crippen molar-refractivity contribution in [3.63, 3.8) is 0 Å². The second kappa shape index (κ2) is 2.98. The molecule has 0 amide bonds. The van der Waals surface area contributed by atoms with Crippen LogP contribution in [0, 0.1) is 11.3 Å². The van der Waals surface area contributed by atoms with Gasteiger partial charge in [-0.05, 0) is 11.8 Å². The normalized spacial score (nSPS) is 34.6. The molecule has 1 N–H and O–H groups in total. The molecule has 0 saturated carbocycles. The highest BCUT2D eigenvalue weighted by Gasteiger charge is 2.38. The second-order valence-corrected chi connectivity index (χ2v) is 3.78. The van der Waals surface area contributed by atoms with Crippen molar-refractivity contribution in [2.24, 2.45) is 11.3 Å². The number of hydrogen-bond donors (Lipinski definition) is 2. The Morgan fingerprint density at radius 3 is 2.75 bits per heavy atom. The highest BCUT2D eigenvalue weighted by atomic mass is 32.1. The number of thiol groups is 1. The van der Waals surface area contributed by atoms with Crippen molar-refractivity contribution in [1.29, 1.82) is 0 Å². The number of rotatable bonds is 1. The Morgan fingerprint density at radius 2 is 2.33 bits per heavy atom. The first-order chi connectivity index (χ1) is 5.48. The molecule has 2 nitrogen and oxygen atoms in total. The molecule has 12 heavy (non-hydrogen) atoms. The second-order valence-electron chi connectivity index (χ2n) is 3.26. The molecule has 2 unspecified atom stereocenters. The molecule has 2 atom stereocenters. The third-order valence-electron chi connectivity index (χ3n) is 2.51. The van der Waals surface area contributed by atoms with E-state index in [0.29, 0.717) is 0 Å². The molecule has 1 rings (SSSR count). The van der Waals surface area contributed by atoms with Crippen molar-refractivity contribution < 1.29 is 9.90 Å². The Kier molecular flexibility index (Phi) is 2.33. The molecular weight excluding hydrogens is 172 g/mol. The zero-order valence-corrected chi connectivity index (χ0v) is 8.01. The lowest BCUT2D eigenvalue weighted by Gasteiger charge is -2.30. The van der Waals surface area contributed by atoms with Crippen LogP contribution in [0.3, 0.4) is 0 Å². The fourth-order valence-electron chi connectivity index (χ4n) is 1.20. The smallest absolute Gasteiger partial charge is 0.313 e. The van der Waals surface area contributed by atoms with E-state index in [-0.39, 0.29) is 5.92 Å². The van der Waals surface area contributed by atoms with Crippen LogP contribution in [0.2, 0.25) is 0 Å². The number of carboxylic acid groups (broad SMARTS) is 1. The van der Waals surface area contributed by atoms with Gasteiger partial charge in [0.05, 0.1) is 5.41 Å². The van der Waals surface area contributed by atoms with Gasteiger partial charge in [-0.2, -0.15) is 0 Å². The van der Waals surface area contributed by atoms with Crippen molar-refractivity contribution in [1.82, 2.24) is 0 Å². The lowest BCUT2D eigenvalue weighted by molar-refractivity contribution is -0.146. The van der Waals surface area contributed by atoms with Crippen molar-refractivity contribution in [3.8, 4) is 0 Å². The lowest BCUT2D eigenvalue weighted by atomic mass is 9.75. The zero-order valence-electron chi connectivity index (χ0n) is 7.11. The minimum absolute atomic E-state index is 0.0525. The van der Waals surface area contributed by atoms with E-state index >= 15 is 0 Å². The molecule has 66 valence electrons. The summed E-state index contributed by atoms with van der Waals surface area (Å²) < 4.78 is 0. The summed E-state index contributed by atoms with van der Waals surface area (Å²) in [6.07, 6.45) is 5.29. The summed E-state index contributed by atoms with van der Waals surface area (Å²) in [4.78, 5) is 11.7. The zero-order chi connectivity index (χ0) is 9.35. The van der Waals surface area contributed by atoms with Crippen LogP contribution < -0.4 is 0 Å². The van der Waals surface area contributed by atoms with E-state index < -0.39 is 11.4 Å². The third-order valence-corrected chi connectivity index (χ3v) is 3.05. The average molecular weight is 184 g/mol. The summed E-state index contributed by atoms with van der Waals surface area (Å²) in [7, 11) is 0. The summed E-state index contributed by atoms with van der Waals surface area (Å²) in [6.45, 7) is 3.58. The minimum atomic E-state index is -0.800. The molecule has 0 aliphatic heterocycles. The van der Waals surface area contributed by atoms with Crippen LogP contribution in [0.15, 0.2) is 23.1 Å². The fraction of sp³-hybridized carbons (Fsp3) is 0.444. The highest BCUT2D eigenvalue weighted by Crippen LogP contribution is 2.38. The Bertz CT molecular complexity index is 268. The topological polar surface area (TPSA) is 37.3 Å². The first kappa shape index (κ1) is 9.39. The molecule has 0 spiro atoms. The van der Waals surface area contributed by atoms with E-state index in [4.69, 9.17) is 5.11 Å². The Morgan fingerprint density at radius 1 is 1.75 bits per heavy atom. The Hall–Kier alpha value is -0.700. The van der Waals surface area contributed by atoms with Gasteiger partial charge in [0, 0.05) is 5.92 Å². The van der Waals surface area contributed by atoms with Crippen LogP contribution in [0.4, 0.5) is 0 Å². The van der Waals surface area contributed by atoms with Gasteiger partial charge in [-0.1, -0.05) is 25.2 Å². The maximum atomic E-state index is 10.9. The predicted octanol–water partition coefficient (Wildman–Crippen LogP) is 2.10. The Labute approximate surface area is 77.4 Å². The summed E-state index contributed by atoms with van der Waals surface area (Å²) in [6, 6.07) is 0. The maximum Gasteiger partial charge on any atom is 0.313 e. The fourth-order valence-corrected chi connectivity index (χ4v) is 1.55. The standard InChI is InChI=1S/C9H12O2S/c1-6-7(12)4-3-5-9(6,2)8(10)11/h3-6,12H,1-2H3,(H,10,11). The van der Waals surface area contributed by atoms with Gasteiger partial charge < -0.3 is 5.11 Å². The largest absolute Gasteiger partial charge is 0.481 e. The lowest BCUT2D eigenvalue weighted by Crippen LogP contribution is -2.33. The van der Waals surface area contributed by atoms with Gasteiger partial charge in [-0.15, -0.1) is 12.6 Å². The van der Waals surface area contributed by atoms with Gasteiger partial charge in [0.25, 0.3) is 0 Å². The number of carboxylic acids is 1. The van der Waals surface area contributed by atoms with Crippen LogP contribution in [-0.2, 0) is 4.79 Å². The molecule has 0 saturated heterocycles. The van der Waals surface area contributed by atoms with E-state index in [1.807, 2.05) is 13.0 Å². The molecule has 3 heteroatoms. The average Bonchev–Trinajstić information content (AvgIpc) is 2.00. The van der Waals surface area contributed by atoms with Crippen LogP contribution in [0.25, 0.3) is 0 Å². The molecule has 1 aliphatic carbocycles. The third kappa shape index (κ3) is 1.29. The van der Waals surface area contributed by atoms with Crippen LogP contribution in [-0.4, -0.2) is 11.1 Å². The predicted molar refractivity (Wildman–Crippen MR) is 51.1 cm³/mol. The van der Waals surface area contributed by atoms with Crippen molar-refractivity contribution in [2.75, 3.05) is 0 Å². The Balaban J connectivity index is 3.03. The highest BCUT2D eigenvalue weighted by molar-refractivity contribution is 7.84. The van der Waals surface area contributed by atoms with Gasteiger partial charge in [0.15, 0.2) is 0 Å². The van der Waals surface area contributed by atoms with Crippen molar-refractivity contribution in [3.05, 3.63) is 23.1 Å². The van der Waals surface area contributed by atoms with E-state index in [0.717, 1.165) is 4.91 Å². The molecule has 0 fully saturated rings. The molecular formula is C9H12O2S. The van der Waals surface area contributed by atoms with Gasteiger partial charge in [0.1, 0.15) is 0 Å². The SMILES string of the molecule is CC1C(S)=CC=CC1(C)C(=O)O. The number of hydrogen-bond acceptors (Lipinski definition) is 2. The van der Waals surface area contributed by atoms with Gasteiger partial charge in [-0.25, -0.2) is 0 Å². The molecule has 0 heterocycles. The van der Waals surface area contributed by atoms with E-state index in [1.54, 1.807) is 19.1 Å². The van der Waals surface area contributed by atoms with Gasteiger partial charge >= 0.3 is 5.97 Å². The first-order valence-electron chi connectivity index (χ1n) is 3.80. The molecule has 0 bridgehead atoms. The molecule has 0 radical (unpaired) electrons. The molecule has 0 aromatic carbocycles. The van der Waals surface area contributed by atoms with Crippen molar-refractivity contribution in [2.45, 2.75) is 13.8 Å². The summed E-state index contributed by atoms with van der Waals surface area (Å²) in [5, 5.41) is 8.97. The van der Waals surface area contributed by atoms with Gasteiger partial charge in [0.2, 0.25) is 0 Å². The van der Waals surface area contributed by atoms with E-state index in [1.165, 1.54) is 0 Å². The van der Waals surface area contributed by atoms with Crippen LogP contribution in [0.1, 0.15) is 13.8 Å². The quantitative estimate of drug-likeness (QED) is 0.612. The summed E-state index contributed by atoms with van der Waals surface area (Å²) in [5.41, 5.74) is -0.800. The summed E-state index contributed by atoms with van der Waals surface area (Å²) in [5.74, 6) is -0.853. The molecule has 0 aromatic rings. The number of allylic oxidation sites excluding steroid dienone is 3. The summed E-state index contributed by atoms with van der Waals surface area (Å²) >= 11 is 4.21. The van der Waals surface area contributed by atoms with E-state index in [9.17, 15) is 4.79 Å². The van der Waals surface area contributed by atoms with E-state index in [2.05, 4.69) is 12.6 Å². The van der Waals surface area contributed by atoms with Crippen LogP contribution >= 0.6 is 12.6 Å². The van der Waals surface area contributed by atoms with Crippen LogP contribution in [0.5, 0.6) is 0 Å². The maximum absolute atomic E-state index is 10.9. The first-order valence-corrected chi connectivity index (χ1v) is 4.25. The molecule has 0 aromatic heterocycles. The van der Waals surface area contributed by atoms with Crippen molar-refractivity contribution >= 4 is 18.6 Å². The molecule has 1 aliphatic rings. The number of aliphatic carboxylic acids is 1. The monoisotopic (exact) mass is 184 g/mol. The minimum Gasteiger partial charge on any atom is -0.481 e. The number of carbonyl (C=O) groups is 1.